The summed E-state index contributed by atoms with van der Waals surface area (Å²) in [6.07, 6.45) is 5.35. The Hall–Kier alpha value is -0.830. The number of carbonyl (C=O) groups is 1. The highest BCUT2D eigenvalue weighted by molar-refractivity contribution is 5.89. The van der Waals surface area contributed by atoms with Crippen LogP contribution in [0.3, 0.4) is 0 Å². The molecule has 0 saturated heterocycles. The van der Waals surface area contributed by atoms with Gasteiger partial charge in [0.15, 0.2) is 0 Å². The summed E-state index contributed by atoms with van der Waals surface area (Å²) in [6.45, 7) is 2.60. The van der Waals surface area contributed by atoms with Crippen LogP contribution in [-0.4, -0.2) is 18.6 Å². The zero-order valence-corrected chi connectivity index (χ0v) is 8.08. The third kappa shape index (κ3) is 3.19. The monoisotopic (exact) mass is 183 g/mol. The number of carbonyl (C=O) groups excluding carboxylic acids is 1. The molecule has 13 heavy (non-hydrogen) atoms. The molecule has 0 aromatic carbocycles. The highest BCUT2D eigenvalue weighted by atomic mass is 16.5. The van der Waals surface area contributed by atoms with E-state index in [9.17, 15) is 4.79 Å². The van der Waals surface area contributed by atoms with Gasteiger partial charge in [0.05, 0.1) is 6.61 Å². The second kappa shape index (κ2) is 5.02. The molecule has 0 saturated carbocycles. The Labute approximate surface area is 78.9 Å². The fourth-order valence-corrected chi connectivity index (χ4v) is 1.31. The maximum absolute atomic E-state index is 11.3. The van der Waals surface area contributed by atoms with Crippen molar-refractivity contribution < 1.29 is 9.53 Å². The molecule has 0 spiro atoms. The van der Waals surface area contributed by atoms with E-state index in [0.717, 1.165) is 24.8 Å². The first-order valence-corrected chi connectivity index (χ1v) is 4.85. The van der Waals surface area contributed by atoms with E-state index in [4.69, 9.17) is 10.5 Å². The Morgan fingerprint density at radius 3 is 3.08 bits per heavy atom. The number of nitrogens with two attached hydrogens (primary N) is 1. The van der Waals surface area contributed by atoms with E-state index in [2.05, 4.69) is 6.92 Å². The molecule has 3 nitrogen and oxygen atoms in total. The van der Waals surface area contributed by atoms with Crippen LogP contribution < -0.4 is 5.73 Å². The molecule has 1 aliphatic carbocycles. The maximum atomic E-state index is 11.3. The van der Waals surface area contributed by atoms with Crippen molar-refractivity contribution in [2.75, 3.05) is 6.61 Å². The molecule has 1 aliphatic rings. The zero-order chi connectivity index (χ0) is 9.68. The van der Waals surface area contributed by atoms with Gasteiger partial charge in [0.1, 0.15) is 0 Å². The van der Waals surface area contributed by atoms with Crippen molar-refractivity contribution in [1.82, 2.24) is 0 Å². The van der Waals surface area contributed by atoms with E-state index in [-0.39, 0.29) is 12.0 Å². The normalized spacial score (nSPS) is 21.4. The van der Waals surface area contributed by atoms with Crippen molar-refractivity contribution in [3.8, 4) is 0 Å². The third-order valence-electron chi connectivity index (χ3n) is 2.14. The maximum Gasteiger partial charge on any atom is 0.333 e. The van der Waals surface area contributed by atoms with Crippen LogP contribution in [0.4, 0.5) is 0 Å². The van der Waals surface area contributed by atoms with Gasteiger partial charge in [-0.05, 0) is 19.3 Å². The topological polar surface area (TPSA) is 52.3 Å². The molecule has 0 bridgehead atoms. The average Bonchev–Trinajstić information content (AvgIpc) is 2.52. The largest absolute Gasteiger partial charge is 0.462 e. The number of ether oxygens (including phenoxy) is 1. The molecule has 1 atom stereocenters. The van der Waals surface area contributed by atoms with Crippen LogP contribution in [0.25, 0.3) is 0 Å². The van der Waals surface area contributed by atoms with Crippen molar-refractivity contribution in [3.63, 3.8) is 0 Å². The van der Waals surface area contributed by atoms with E-state index in [1.54, 1.807) is 0 Å². The van der Waals surface area contributed by atoms with Gasteiger partial charge in [0, 0.05) is 11.6 Å². The van der Waals surface area contributed by atoms with Gasteiger partial charge >= 0.3 is 5.97 Å². The van der Waals surface area contributed by atoms with Crippen LogP contribution in [0.2, 0.25) is 0 Å². The minimum absolute atomic E-state index is 0.119. The number of rotatable bonds is 4. The Bertz CT molecular complexity index is 211. The van der Waals surface area contributed by atoms with Gasteiger partial charge in [-0.2, -0.15) is 0 Å². The second-order valence-electron chi connectivity index (χ2n) is 3.42. The fourth-order valence-electron chi connectivity index (χ4n) is 1.31. The summed E-state index contributed by atoms with van der Waals surface area (Å²) in [6, 6.07) is 0.119. The molecule has 0 fully saturated rings. The molecular weight excluding hydrogens is 166 g/mol. The van der Waals surface area contributed by atoms with E-state index in [1.165, 1.54) is 0 Å². The first kappa shape index (κ1) is 10.3. The van der Waals surface area contributed by atoms with Crippen LogP contribution in [0.5, 0.6) is 0 Å². The minimum atomic E-state index is -0.179. The molecule has 2 N–H and O–H groups in total. The highest BCUT2D eigenvalue weighted by Crippen LogP contribution is 2.17. The molecule has 74 valence electrons. The van der Waals surface area contributed by atoms with Crippen LogP contribution in [0.1, 0.15) is 32.6 Å². The van der Waals surface area contributed by atoms with Crippen molar-refractivity contribution in [1.29, 1.82) is 0 Å². The smallest absolute Gasteiger partial charge is 0.333 e. The van der Waals surface area contributed by atoms with Gasteiger partial charge in [0.25, 0.3) is 0 Å². The van der Waals surface area contributed by atoms with Crippen LogP contribution in [0, 0.1) is 0 Å². The van der Waals surface area contributed by atoms with E-state index in [0.29, 0.717) is 13.0 Å². The Kier molecular flexibility index (Phi) is 3.96. The second-order valence-corrected chi connectivity index (χ2v) is 3.42. The summed E-state index contributed by atoms with van der Waals surface area (Å²) in [5.41, 5.74) is 6.41. The quantitative estimate of drug-likeness (QED) is 0.529. The lowest BCUT2D eigenvalue weighted by molar-refractivity contribution is -0.139. The van der Waals surface area contributed by atoms with Gasteiger partial charge in [-0.3, -0.25) is 0 Å². The molecule has 1 unspecified atom stereocenters. The molecule has 0 aromatic rings. The zero-order valence-electron chi connectivity index (χ0n) is 8.08. The van der Waals surface area contributed by atoms with Gasteiger partial charge in [-0.1, -0.05) is 19.4 Å². The van der Waals surface area contributed by atoms with E-state index in [1.807, 2.05) is 6.08 Å². The fraction of sp³-hybridized carbons (Fsp3) is 0.700. The molecule has 1 rings (SSSR count). The minimum Gasteiger partial charge on any atom is -0.462 e. The number of hydrogen-bond acceptors (Lipinski definition) is 3. The molecule has 3 heteroatoms. The average molecular weight is 183 g/mol. The molecular formula is C10H17NO2. The van der Waals surface area contributed by atoms with E-state index >= 15 is 0 Å². The standard InChI is InChI=1S/C10H17NO2/c1-2-3-6-13-10(12)8-4-5-9(11)7-8/h4,9H,2-3,5-7,11H2,1H3. The van der Waals surface area contributed by atoms with E-state index < -0.39 is 0 Å². The summed E-state index contributed by atoms with van der Waals surface area (Å²) in [5, 5.41) is 0. The first-order valence-electron chi connectivity index (χ1n) is 4.85. The lowest BCUT2D eigenvalue weighted by atomic mass is 10.2. The van der Waals surface area contributed by atoms with Crippen LogP contribution in [0.15, 0.2) is 11.6 Å². The van der Waals surface area contributed by atoms with Gasteiger partial charge in [-0.25, -0.2) is 4.79 Å². The van der Waals surface area contributed by atoms with Crippen molar-refractivity contribution in [2.24, 2.45) is 5.73 Å². The SMILES string of the molecule is CCCCOC(=O)C1=CCC(N)C1. The van der Waals surface area contributed by atoms with Gasteiger partial charge < -0.3 is 10.5 Å². The summed E-state index contributed by atoms with van der Waals surface area (Å²) >= 11 is 0. The predicted molar refractivity (Wildman–Crippen MR) is 51.2 cm³/mol. The highest BCUT2D eigenvalue weighted by Gasteiger charge is 2.19. The number of unbranched alkanes of at least 4 members (excludes halogenated alkanes) is 1. The number of hydrogen-bond donors (Lipinski definition) is 1. The Morgan fingerprint density at radius 2 is 2.54 bits per heavy atom. The molecule has 0 radical (unpaired) electrons. The number of esters is 1. The lowest BCUT2D eigenvalue weighted by Crippen LogP contribution is -2.17. The van der Waals surface area contributed by atoms with Gasteiger partial charge in [-0.15, -0.1) is 0 Å². The lowest BCUT2D eigenvalue weighted by Gasteiger charge is -2.04. The summed E-state index contributed by atoms with van der Waals surface area (Å²) in [5.74, 6) is -0.179. The van der Waals surface area contributed by atoms with Crippen molar-refractivity contribution >= 4 is 5.97 Å². The van der Waals surface area contributed by atoms with Crippen molar-refractivity contribution in [3.05, 3.63) is 11.6 Å². The van der Waals surface area contributed by atoms with Gasteiger partial charge in [0.2, 0.25) is 0 Å². The molecule has 0 amide bonds. The van der Waals surface area contributed by atoms with Crippen molar-refractivity contribution in [2.45, 2.75) is 38.6 Å². The molecule has 0 heterocycles. The predicted octanol–water partition coefficient (Wildman–Crippen LogP) is 1.38. The Morgan fingerprint density at radius 1 is 1.77 bits per heavy atom. The molecule has 0 aromatic heterocycles. The first-order chi connectivity index (χ1) is 6.24. The third-order valence-corrected chi connectivity index (χ3v) is 2.14. The van der Waals surface area contributed by atoms with Crippen LogP contribution in [-0.2, 0) is 9.53 Å². The Balaban J connectivity index is 2.24. The summed E-state index contributed by atoms with van der Waals surface area (Å²) in [4.78, 5) is 11.3. The summed E-state index contributed by atoms with van der Waals surface area (Å²) in [7, 11) is 0. The van der Waals surface area contributed by atoms with Crippen LogP contribution >= 0.6 is 0 Å². The molecule has 0 aliphatic heterocycles. The summed E-state index contributed by atoms with van der Waals surface area (Å²) < 4.78 is 5.05.